The molecule has 8 atom stereocenters. The molecule has 0 radical (unpaired) electrons. The summed E-state index contributed by atoms with van der Waals surface area (Å²) in [5.41, 5.74) is 2.37. The normalized spacial score (nSPS) is 59.5. The Balaban J connectivity index is 1.50. The highest BCUT2D eigenvalue weighted by Gasteiger charge is 2.59. The van der Waals surface area contributed by atoms with Crippen molar-refractivity contribution >= 4 is 0 Å². The zero-order valence-electron chi connectivity index (χ0n) is 14.1. The van der Waals surface area contributed by atoms with Crippen LogP contribution in [0, 0.1) is 28.6 Å². The topological polar surface area (TPSA) is 32.8 Å². The minimum Gasteiger partial charge on any atom is -0.393 e. The van der Waals surface area contributed by atoms with E-state index in [-0.39, 0.29) is 11.5 Å². The Hall–Kier alpha value is -0.340. The summed E-state index contributed by atoms with van der Waals surface area (Å²) >= 11 is 0. The van der Waals surface area contributed by atoms with Crippen LogP contribution in [0.4, 0.5) is 0 Å². The zero-order valence-corrected chi connectivity index (χ0v) is 14.1. The predicted molar refractivity (Wildman–Crippen MR) is 86.4 cm³/mol. The Kier molecular flexibility index (Phi) is 2.80. The fraction of sp³-hybridized carbons (Fsp3) is 0.900. The Bertz CT molecular complexity index is 526. The lowest BCUT2D eigenvalue weighted by Gasteiger charge is -2.57. The number of hydrogen-bond acceptors (Lipinski definition) is 2. The quantitative estimate of drug-likeness (QED) is 0.540. The lowest BCUT2D eigenvalue weighted by Crippen LogP contribution is -2.50. The Labute approximate surface area is 134 Å². The summed E-state index contributed by atoms with van der Waals surface area (Å²) < 4.78 is 5.78. The summed E-state index contributed by atoms with van der Waals surface area (Å²) in [5.74, 6) is 2.48. The third-order valence-electron chi connectivity index (χ3n) is 8.62. The van der Waals surface area contributed by atoms with Gasteiger partial charge in [-0.1, -0.05) is 25.5 Å². The van der Waals surface area contributed by atoms with Gasteiger partial charge < -0.3 is 9.84 Å². The molecular formula is C20H30O2. The fourth-order valence-corrected chi connectivity index (χ4v) is 7.09. The highest BCUT2D eigenvalue weighted by atomic mass is 16.6. The molecule has 0 amide bonds. The maximum absolute atomic E-state index is 10.5. The van der Waals surface area contributed by atoms with Crippen molar-refractivity contribution in [1.29, 1.82) is 0 Å². The molecule has 0 spiro atoms. The van der Waals surface area contributed by atoms with E-state index >= 15 is 0 Å². The predicted octanol–water partition coefficient (Wildman–Crippen LogP) is 4.08. The van der Waals surface area contributed by atoms with Crippen LogP contribution in [0.3, 0.4) is 0 Å². The second kappa shape index (κ2) is 4.39. The fourth-order valence-electron chi connectivity index (χ4n) is 7.09. The Morgan fingerprint density at radius 1 is 1.05 bits per heavy atom. The molecule has 0 aromatic carbocycles. The van der Waals surface area contributed by atoms with Crippen LogP contribution in [0.15, 0.2) is 11.6 Å². The smallest absolute Gasteiger partial charge is 0.103 e. The standard InChI is InChI=1S/C20H30O2/c1-19-10-8-16-17(22-16)11-12(19)3-4-13-14-5-6-18(21)20(14,2)9-7-15(13)19/h11,13-18,21H,3-10H2,1-2H3/t13?,14?,15?,16?,17?,18-,19-,20-/m0/s1. The molecule has 1 saturated heterocycles. The number of aliphatic hydroxyl groups excluding tert-OH is 1. The van der Waals surface area contributed by atoms with Crippen molar-refractivity contribution in [3.05, 3.63) is 11.6 Å². The summed E-state index contributed by atoms with van der Waals surface area (Å²) in [4.78, 5) is 0. The van der Waals surface area contributed by atoms with E-state index in [2.05, 4.69) is 19.9 Å². The van der Waals surface area contributed by atoms with Gasteiger partial charge in [0.15, 0.2) is 0 Å². The molecule has 5 unspecified atom stereocenters. The molecule has 1 heterocycles. The molecule has 122 valence electrons. The molecule has 1 aliphatic heterocycles. The molecule has 5 rings (SSSR count). The average molecular weight is 302 g/mol. The number of hydrogen-bond donors (Lipinski definition) is 1. The van der Waals surface area contributed by atoms with Crippen molar-refractivity contribution < 1.29 is 9.84 Å². The summed E-state index contributed by atoms with van der Waals surface area (Å²) in [5, 5.41) is 10.5. The van der Waals surface area contributed by atoms with E-state index < -0.39 is 0 Å². The van der Waals surface area contributed by atoms with Gasteiger partial charge in [-0.2, -0.15) is 0 Å². The van der Waals surface area contributed by atoms with Crippen molar-refractivity contribution in [2.45, 2.75) is 83.5 Å². The first kappa shape index (κ1) is 14.0. The third-order valence-corrected chi connectivity index (χ3v) is 8.62. The lowest BCUT2D eigenvalue weighted by atomic mass is 9.48. The molecule has 0 aromatic rings. The highest BCUT2D eigenvalue weighted by molar-refractivity contribution is 5.27. The van der Waals surface area contributed by atoms with Gasteiger partial charge in [0.05, 0.1) is 12.2 Å². The van der Waals surface area contributed by atoms with Crippen LogP contribution in [0.25, 0.3) is 0 Å². The number of rotatable bonds is 0. The van der Waals surface area contributed by atoms with Crippen molar-refractivity contribution in [3.8, 4) is 0 Å². The van der Waals surface area contributed by atoms with Crippen LogP contribution in [-0.4, -0.2) is 23.4 Å². The minimum atomic E-state index is -0.0432. The van der Waals surface area contributed by atoms with Gasteiger partial charge in [0.1, 0.15) is 6.10 Å². The number of allylic oxidation sites excluding steroid dienone is 1. The van der Waals surface area contributed by atoms with Crippen LogP contribution in [0.1, 0.15) is 65.2 Å². The van der Waals surface area contributed by atoms with E-state index in [0.29, 0.717) is 17.6 Å². The van der Waals surface area contributed by atoms with E-state index in [9.17, 15) is 5.11 Å². The van der Waals surface area contributed by atoms with Crippen LogP contribution < -0.4 is 0 Å². The monoisotopic (exact) mass is 302 g/mol. The molecule has 2 heteroatoms. The van der Waals surface area contributed by atoms with Crippen LogP contribution in [0.5, 0.6) is 0 Å². The van der Waals surface area contributed by atoms with Gasteiger partial charge >= 0.3 is 0 Å². The molecule has 5 aliphatic rings. The second-order valence-corrected chi connectivity index (χ2v) is 9.34. The molecule has 0 bridgehead atoms. The van der Waals surface area contributed by atoms with Crippen LogP contribution in [0.2, 0.25) is 0 Å². The number of fused-ring (bicyclic) bond motifs is 6. The van der Waals surface area contributed by atoms with Gasteiger partial charge in [0.25, 0.3) is 0 Å². The van der Waals surface area contributed by atoms with Crippen molar-refractivity contribution in [3.63, 3.8) is 0 Å². The first-order valence-corrected chi connectivity index (χ1v) is 9.57. The van der Waals surface area contributed by atoms with Crippen LogP contribution >= 0.6 is 0 Å². The minimum absolute atomic E-state index is 0.0432. The third kappa shape index (κ3) is 1.69. The van der Waals surface area contributed by atoms with Gasteiger partial charge in [0, 0.05) is 0 Å². The summed E-state index contributed by atoms with van der Waals surface area (Å²) in [6.45, 7) is 4.95. The van der Waals surface area contributed by atoms with Crippen molar-refractivity contribution in [1.82, 2.24) is 0 Å². The highest BCUT2D eigenvalue weighted by Crippen LogP contribution is 2.65. The van der Waals surface area contributed by atoms with Gasteiger partial charge in [0.2, 0.25) is 0 Å². The molecule has 2 nitrogen and oxygen atoms in total. The first-order valence-electron chi connectivity index (χ1n) is 9.57. The van der Waals surface area contributed by atoms with E-state index in [0.717, 1.165) is 24.2 Å². The largest absolute Gasteiger partial charge is 0.393 e. The van der Waals surface area contributed by atoms with E-state index in [1.54, 1.807) is 5.57 Å². The molecule has 3 saturated carbocycles. The number of aliphatic hydroxyl groups is 1. The lowest BCUT2D eigenvalue weighted by molar-refractivity contribution is -0.0727. The molecule has 22 heavy (non-hydrogen) atoms. The molecule has 4 aliphatic carbocycles. The average Bonchev–Trinajstić information content (AvgIpc) is 3.19. The summed E-state index contributed by atoms with van der Waals surface area (Å²) in [6, 6.07) is 0. The van der Waals surface area contributed by atoms with Crippen LogP contribution in [-0.2, 0) is 4.74 Å². The second-order valence-electron chi connectivity index (χ2n) is 9.34. The maximum atomic E-state index is 10.5. The Morgan fingerprint density at radius 3 is 2.77 bits per heavy atom. The van der Waals surface area contributed by atoms with Crippen molar-refractivity contribution in [2.24, 2.45) is 28.6 Å². The molecule has 4 fully saturated rings. The van der Waals surface area contributed by atoms with Gasteiger partial charge in [-0.15, -0.1) is 0 Å². The number of ether oxygens (including phenoxy) is 1. The zero-order chi connectivity index (χ0) is 15.1. The first-order chi connectivity index (χ1) is 10.5. The summed E-state index contributed by atoms with van der Waals surface area (Å²) in [7, 11) is 0. The SMILES string of the molecule is C[C@]12CCC3OC3C=C1CCC1C2CC[C@@]2(C)C1CC[C@@H]2O. The summed E-state index contributed by atoms with van der Waals surface area (Å²) in [6.07, 6.45) is 13.6. The molecular weight excluding hydrogens is 272 g/mol. The van der Waals surface area contributed by atoms with Gasteiger partial charge in [-0.25, -0.2) is 0 Å². The van der Waals surface area contributed by atoms with Gasteiger partial charge in [-0.05, 0) is 80.0 Å². The van der Waals surface area contributed by atoms with E-state index in [4.69, 9.17) is 4.74 Å². The maximum Gasteiger partial charge on any atom is 0.103 e. The molecule has 0 aromatic heterocycles. The Morgan fingerprint density at radius 2 is 1.91 bits per heavy atom. The van der Waals surface area contributed by atoms with E-state index in [1.165, 1.54) is 44.9 Å². The molecule has 1 N–H and O–H groups in total. The van der Waals surface area contributed by atoms with E-state index in [1.807, 2.05) is 0 Å². The number of epoxide rings is 1. The van der Waals surface area contributed by atoms with Gasteiger partial charge in [-0.3, -0.25) is 0 Å². The van der Waals surface area contributed by atoms with Crippen molar-refractivity contribution in [2.75, 3.05) is 0 Å².